The van der Waals surface area contributed by atoms with E-state index in [1.807, 2.05) is 6.92 Å². The maximum absolute atomic E-state index is 5.57. The molecule has 0 atom stereocenters. The molecule has 0 aliphatic rings. The molecule has 4 heteroatoms. The summed E-state index contributed by atoms with van der Waals surface area (Å²) in [7, 11) is 1.59. The lowest BCUT2D eigenvalue weighted by molar-refractivity contribution is 0.416. The molecule has 1 aromatic heterocycles. The van der Waals surface area contributed by atoms with Gasteiger partial charge in [0.15, 0.2) is 5.75 Å². The largest absolute Gasteiger partial charge is 0.493 e. The Morgan fingerprint density at radius 3 is 2.20 bits per heavy atom. The Kier molecular flexibility index (Phi) is 1.72. The number of nitrogens with two attached hydrogens (primary N) is 2. The SMILES string of the molecule is COc1c(C)sc(N)c1N. The van der Waals surface area contributed by atoms with Crippen LogP contribution in [0.2, 0.25) is 0 Å². The summed E-state index contributed by atoms with van der Waals surface area (Å²) in [5, 5.41) is 0.634. The number of thiophene rings is 1. The highest BCUT2D eigenvalue weighted by Crippen LogP contribution is 2.38. The standard InChI is InChI=1S/C6H10N2OS/c1-3-5(9-2)4(7)6(8)10-3/h7-8H2,1-2H3. The van der Waals surface area contributed by atoms with Gasteiger partial charge in [-0.15, -0.1) is 11.3 Å². The molecule has 0 saturated carbocycles. The molecule has 1 rings (SSSR count). The first kappa shape index (κ1) is 7.21. The highest BCUT2D eigenvalue weighted by Gasteiger charge is 2.09. The summed E-state index contributed by atoms with van der Waals surface area (Å²) in [6.07, 6.45) is 0. The van der Waals surface area contributed by atoms with E-state index in [0.29, 0.717) is 16.4 Å². The summed E-state index contributed by atoms with van der Waals surface area (Å²) < 4.78 is 5.00. The van der Waals surface area contributed by atoms with E-state index < -0.39 is 0 Å². The summed E-state index contributed by atoms with van der Waals surface area (Å²) >= 11 is 1.45. The second-order valence-electron chi connectivity index (χ2n) is 1.97. The number of aryl methyl sites for hydroxylation is 1. The van der Waals surface area contributed by atoms with Gasteiger partial charge in [0.2, 0.25) is 0 Å². The fraction of sp³-hybridized carbons (Fsp3) is 0.333. The number of ether oxygens (including phenoxy) is 1. The fourth-order valence-electron chi connectivity index (χ4n) is 0.821. The van der Waals surface area contributed by atoms with Gasteiger partial charge >= 0.3 is 0 Å². The topological polar surface area (TPSA) is 61.3 Å². The first-order valence-electron chi connectivity index (χ1n) is 2.85. The lowest BCUT2D eigenvalue weighted by Crippen LogP contribution is -1.92. The van der Waals surface area contributed by atoms with Crippen LogP contribution in [-0.2, 0) is 0 Å². The van der Waals surface area contributed by atoms with Crippen molar-refractivity contribution >= 4 is 22.0 Å². The van der Waals surface area contributed by atoms with E-state index in [1.165, 1.54) is 11.3 Å². The molecule has 3 nitrogen and oxygen atoms in total. The van der Waals surface area contributed by atoms with Crippen molar-refractivity contribution in [3.63, 3.8) is 0 Å². The quantitative estimate of drug-likeness (QED) is 0.646. The molecule has 0 aliphatic heterocycles. The summed E-state index contributed by atoms with van der Waals surface area (Å²) in [6.45, 7) is 1.93. The minimum atomic E-state index is 0.560. The molecular formula is C6H10N2OS. The van der Waals surface area contributed by atoms with Crippen LogP contribution in [-0.4, -0.2) is 7.11 Å². The molecule has 4 N–H and O–H groups in total. The van der Waals surface area contributed by atoms with Gasteiger partial charge in [0, 0.05) is 4.88 Å². The molecule has 0 aromatic carbocycles. The molecular weight excluding hydrogens is 148 g/mol. The minimum absolute atomic E-state index is 0.560. The third-order valence-electron chi connectivity index (χ3n) is 1.30. The van der Waals surface area contributed by atoms with Crippen LogP contribution < -0.4 is 16.2 Å². The van der Waals surface area contributed by atoms with Crippen LogP contribution in [0.15, 0.2) is 0 Å². The zero-order valence-corrected chi connectivity index (χ0v) is 6.79. The second kappa shape index (κ2) is 2.38. The molecule has 0 saturated heterocycles. The molecule has 10 heavy (non-hydrogen) atoms. The average Bonchev–Trinajstić information content (AvgIpc) is 2.09. The summed E-state index contributed by atoms with van der Waals surface area (Å²) in [5.41, 5.74) is 11.7. The van der Waals surface area contributed by atoms with Gasteiger partial charge in [-0.25, -0.2) is 0 Å². The Bertz CT molecular complexity index is 244. The molecule has 0 fully saturated rings. The minimum Gasteiger partial charge on any atom is -0.493 e. The summed E-state index contributed by atoms with van der Waals surface area (Å²) in [6, 6.07) is 0. The van der Waals surface area contributed by atoms with Gasteiger partial charge in [-0.2, -0.15) is 0 Å². The van der Waals surface area contributed by atoms with Gasteiger partial charge < -0.3 is 16.2 Å². The van der Waals surface area contributed by atoms with Crippen LogP contribution >= 0.6 is 11.3 Å². The Hall–Kier alpha value is -0.900. The Morgan fingerprint density at radius 1 is 1.40 bits per heavy atom. The van der Waals surface area contributed by atoms with Crippen molar-refractivity contribution in [3.8, 4) is 5.75 Å². The Labute approximate surface area is 63.6 Å². The number of hydrogen-bond acceptors (Lipinski definition) is 4. The van der Waals surface area contributed by atoms with E-state index in [4.69, 9.17) is 16.2 Å². The van der Waals surface area contributed by atoms with Crippen molar-refractivity contribution in [2.24, 2.45) is 0 Å². The first-order chi connectivity index (χ1) is 4.66. The van der Waals surface area contributed by atoms with Gasteiger partial charge in [-0.1, -0.05) is 0 Å². The zero-order chi connectivity index (χ0) is 7.72. The van der Waals surface area contributed by atoms with E-state index in [2.05, 4.69) is 0 Å². The normalized spacial score (nSPS) is 9.80. The predicted octanol–water partition coefficient (Wildman–Crippen LogP) is 1.23. The maximum Gasteiger partial charge on any atom is 0.157 e. The van der Waals surface area contributed by atoms with E-state index >= 15 is 0 Å². The average molecular weight is 158 g/mol. The van der Waals surface area contributed by atoms with Crippen LogP contribution in [0.5, 0.6) is 5.75 Å². The van der Waals surface area contributed by atoms with Crippen molar-refractivity contribution in [3.05, 3.63) is 4.88 Å². The zero-order valence-electron chi connectivity index (χ0n) is 5.97. The molecule has 0 spiro atoms. The third kappa shape index (κ3) is 0.903. The monoisotopic (exact) mass is 158 g/mol. The Balaban J connectivity index is 3.20. The number of anilines is 2. The molecule has 56 valence electrons. The van der Waals surface area contributed by atoms with Crippen LogP contribution in [0.3, 0.4) is 0 Å². The van der Waals surface area contributed by atoms with Crippen molar-refractivity contribution < 1.29 is 4.74 Å². The lowest BCUT2D eigenvalue weighted by Gasteiger charge is -1.97. The third-order valence-corrected chi connectivity index (χ3v) is 2.23. The van der Waals surface area contributed by atoms with Crippen molar-refractivity contribution in [1.29, 1.82) is 0 Å². The summed E-state index contributed by atoms with van der Waals surface area (Å²) in [4.78, 5) is 1.03. The number of nitrogen functional groups attached to an aromatic ring is 2. The predicted molar refractivity (Wildman–Crippen MR) is 44.4 cm³/mol. The van der Waals surface area contributed by atoms with E-state index in [-0.39, 0.29) is 0 Å². The van der Waals surface area contributed by atoms with Crippen molar-refractivity contribution in [2.75, 3.05) is 18.6 Å². The smallest absolute Gasteiger partial charge is 0.157 e. The van der Waals surface area contributed by atoms with Gasteiger partial charge in [0.05, 0.1) is 7.11 Å². The van der Waals surface area contributed by atoms with Crippen LogP contribution in [0.4, 0.5) is 10.7 Å². The molecule has 0 amide bonds. The lowest BCUT2D eigenvalue weighted by atomic mass is 10.4. The van der Waals surface area contributed by atoms with Crippen molar-refractivity contribution in [1.82, 2.24) is 0 Å². The molecule has 0 aliphatic carbocycles. The van der Waals surface area contributed by atoms with Gasteiger partial charge in [0.25, 0.3) is 0 Å². The van der Waals surface area contributed by atoms with Gasteiger partial charge in [-0.05, 0) is 6.92 Å². The number of methoxy groups -OCH3 is 1. The first-order valence-corrected chi connectivity index (χ1v) is 3.66. The van der Waals surface area contributed by atoms with Gasteiger partial charge in [-0.3, -0.25) is 0 Å². The number of hydrogen-bond donors (Lipinski definition) is 2. The fourth-order valence-corrected chi connectivity index (χ4v) is 1.64. The molecule has 1 heterocycles. The molecule has 0 unspecified atom stereocenters. The van der Waals surface area contributed by atoms with Crippen LogP contribution in [0.1, 0.15) is 4.88 Å². The Morgan fingerprint density at radius 2 is 2.00 bits per heavy atom. The van der Waals surface area contributed by atoms with Crippen molar-refractivity contribution in [2.45, 2.75) is 6.92 Å². The van der Waals surface area contributed by atoms with Crippen LogP contribution in [0, 0.1) is 6.92 Å². The number of rotatable bonds is 1. The maximum atomic E-state index is 5.57. The van der Waals surface area contributed by atoms with E-state index in [9.17, 15) is 0 Å². The van der Waals surface area contributed by atoms with E-state index in [0.717, 1.165) is 4.88 Å². The second-order valence-corrected chi connectivity index (χ2v) is 3.23. The van der Waals surface area contributed by atoms with E-state index in [1.54, 1.807) is 7.11 Å². The van der Waals surface area contributed by atoms with Gasteiger partial charge in [0.1, 0.15) is 10.7 Å². The molecule has 1 aromatic rings. The molecule has 0 radical (unpaired) electrons. The highest BCUT2D eigenvalue weighted by atomic mass is 32.1. The highest BCUT2D eigenvalue weighted by molar-refractivity contribution is 7.17. The van der Waals surface area contributed by atoms with Crippen LogP contribution in [0.25, 0.3) is 0 Å². The molecule has 0 bridgehead atoms. The summed E-state index contributed by atoms with van der Waals surface area (Å²) in [5.74, 6) is 0.711.